The molecule has 2 rings (SSSR count). The van der Waals surface area contributed by atoms with Crippen molar-refractivity contribution in [2.75, 3.05) is 6.61 Å². The van der Waals surface area contributed by atoms with Gasteiger partial charge in [0, 0.05) is 5.92 Å². The van der Waals surface area contributed by atoms with Crippen LogP contribution in [0.1, 0.15) is 33.1 Å². The van der Waals surface area contributed by atoms with E-state index in [0.29, 0.717) is 17.9 Å². The number of aliphatic hydroxyl groups is 3. The van der Waals surface area contributed by atoms with Crippen molar-refractivity contribution in [2.24, 2.45) is 17.3 Å². The Kier molecular flexibility index (Phi) is 3.67. The second-order valence-electron chi connectivity index (χ2n) is 6.22. The maximum atomic E-state index is 10.2. The van der Waals surface area contributed by atoms with Crippen molar-refractivity contribution in [3.05, 3.63) is 23.8 Å². The molecule has 0 aromatic carbocycles. The van der Waals surface area contributed by atoms with E-state index in [2.05, 4.69) is 20.4 Å². The van der Waals surface area contributed by atoms with E-state index in [9.17, 15) is 15.3 Å². The lowest BCUT2D eigenvalue weighted by Gasteiger charge is -2.49. The molecule has 0 unspecified atom stereocenters. The first kappa shape index (κ1) is 13.8. The molecule has 0 aromatic rings. The van der Waals surface area contributed by atoms with Crippen molar-refractivity contribution in [3.63, 3.8) is 0 Å². The van der Waals surface area contributed by atoms with Crippen molar-refractivity contribution in [2.45, 2.75) is 45.3 Å². The fourth-order valence-corrected chi connectivity index (χ4v) is 3.55. The Labute approximate surface area is 109 Å². The van der Waals surface area contributed by atoms with Crippen LogP contribution in [0.25, 0.3) is 0 Å². The van der Waals surface area contributed by atoms with E-state index < -0.39 is 6.10 Å². The minimum Gasteiger partial charge on any atom is -0.393 e. The van der Waals surface area contributed by atoms with Gasteiger partial charge in [0.2, 0.25) is 0 Å². The van der Waals surface area contributed by atoms with Crippen LogP contribution in [0.15, 0.2) is 23.8 Å². The molecule has 1 fully saturated rings. The fourth-order valence-electron chi connectivity index (χ4n) is 3.55. The zero-order chi connectivity index (χ0) is 13.5. The van der Waals surface area contributed by atoms with Crippen LogP contribution in [0.5, 0.6) is 0 Å². The lowest BCUT2D eigenvalue weighted by Crippen LogP contribution is -2.44. The predicted molar refractivity (Wildman–Crippen MR) is 70.9 cm³/mol. The first-order valence-electron chi connectivity index (χ1n) is 6.74. The van der Waals surface area contributed by atoms with Gasteiger partial charge in [0.05, 0.1) is 18.8 Å². The standard InChI is InChI=1S/C15H24O3/c1-9(8-16)13-7-15(3)10(2)4-12(17)5-11(15)6-14(13)18/h6,10,12-14,16-18H,1,4-5,7-8H2,2-3H3/t10-,12+,13+,14-,15+/m0/s1. The molecule has 3 nitrogen and oxygen atoms in total. The summed E-state index contributed by atoms with van der Waals surface area (Å²) in [5.41, 5.74) is 1.89. The van der Waals surface area contributed by atoms with E-state index in [4.69, 9.17) is 0 Å². The summed E-state index contributed by atoms with van der Waals surface area (Å²) in [6.45, 7) is 8.16. The molecule has 102 valence electrons. The molecule has 0 bridgehead atoms. The lowest BCUT2D eigenvalue weighted by molar-refractivity contribution is 0.0284. The summed E-state index contributed by atoms with van der Waals surface area (Å²) in [5.74, 6) is 0.315. The maximum absolute atomic E-state index is 10.2. The fraction of sp³-hybridized carbons (Fsp3) is 0.733. The highest BCUT2D eigenvalue weighted by Gasteiger charge is 2.46. The molecule has 0 saturated heterocycles. The molecule has 0 aromatic heterocycles. The molecule has 5 atom stereocenters. The van der Waals surface area contributed by atoms with Gasteiger partial charge in [-0.2, -0.15) is 0 Å². The Morgan fingerprint density at radius 3 is 2.78 bits per heavy atom. The lowest BCUT2D eigenvalue weighted by atomic mass is 9.57. The Morgan fingerprint density at radius 1 is 1.50 bits per heavy atom. The predicted octanol–water partition coefficient (Wildman–Crippen LogP) is 1.64. The van der Waals surface area contributed by atoms with Gasteiger partial charge in [0.15, 0.2) is 0 Å². The number of rotatable bonds is 2. The maximum Gasteiger partial charge on any atom is 0.0790 e. The van der Waals surface area contributed by atoms with Crippen molar-refractivity contribution in [1.29, 1.82) is 0 Å². The van der Waals surface area contributed by atoms with E-state index in [1.807, 2.05) is 6.08 Å². The second kappa shape index (κ2) is 4.80. The van der Waals surface area contributed by atoms with Gasteiger partial charge in [-0.1, -0.05) is 32.1 Å². The van der Waals surface area contributed by atoms with Crippen LogP contribution in [-0.2, 0) is 0 Å². The van der Waals surface area contributed by atoms with Crippen LogP contribution in [0.3, 0.4) is 0 Å². The molecule has 0 spiro atoms. The molecule has 0 amide bonds. The summed E-state index contributed by atoms with van der Waals surface area (Å²) in [6.07, 6.45) is 3.30. The molecule has 18 heavy (non-hydrogen) atoms. The van der Waals surface area contributed by atoms with Gasteiger partial charge in [-0.25, -0.2) is 0 Å². The number of aliphatic hydroxyl groups excluding tert-OH is 3. The summed E-state index contributed by atoms with van der Waals surface area (Å²) in [7, 11) is 0. The highest BCUT2D eigenvalue weighted by atomic mass is 16.3. The van der Waals surface area contributed by atoms with Crippen molar-refractivity contribution < 1.29 is 15.3 Å². The van der Waals surface area contributed by atoms with Crippen LogP contribution < -0.4 is 0 Å². The van der Waals surface area contributed by atoms with Gasteiger partial charge in [0.1, 0.15) is 0 Å². The Bertz CT molecular complexity index is 374. The van der Waals surface area contributed by atoms with Crippen molar-refractivity contribution in [3.8, 4) is 0 Å². The smallest absolute Gasteiger partial charge is 0.0790 e. The molecule has 2 aliphatic rings. The Hall–Kier alpha value is -0.640. The monoisotopic (exact) mass is 252 g/mol. The van der Waals surface area contributed by atoms with Crippen LogP contribution in [0.4, 0.5) is 0 Å². The molecular formula is C15H24O3. The summed E-state index contributed by atoms with van der Waals surface area (Å²) in [6, 6.07) is 0. The summed E-state index contributed by atoms with van der Waals surface area (Å²) >= 11 is 0. The molecule has 0 aliphatic heterocycles. The van der Waals surface area contributed by atoms with Gasteiger partial charge in [0.25, 0.3) is 0 Å². The SMILES string of the molecule is C=C(CO)[C@H]1C[C@@]2(C)C(=C[C@@H]1O)C[C@H](O)C[C@@H]2C. The normalized spacial score (nSPS) is 44.2. The summed E-state index contributed by atoms with van der Waals surface area (Å²) < 4.78 is 0. The molecule has 0 heterocycles. The van der Waals surface area contributed by atoms with Gasteiger partial charge >= 0.3 is 0 Å². The molecule has 2 aliphatic carbocycles. The number of hydrogen-bond donors (Lipinski definition) is 3. The van der Waals surface area contributed by atoms with Crippen molar-refractivity contribution in [1.82, 2.24) is 0 Å². The van der Waals surface area contributed by atoms with Crippen LogP contribution >= 0.6 is 0 Å². The molecular weight excluding hydrogens is 228 g/mol. The topological polar surface area (TPSA) is 60.7 Å². The summed E-state index contributed by atoms with van der Waals surface area (Å²) in [5, 5.41) is 29.2. The van der Waals surface area contributed by atoms with Crippen molar-refractivity contribution >= 4 is 0 Å². The van der Waals surface area contributed by atoms with E-state index in [1.54, 1.807) is 0 Å². The van der Waals surface area contributed by atoms with Crippen LogP contribution in [-0.4, -0.2) is 34.1 Å². The highest BCUT2D eigenvalue weighted by molar-refractivity contribution is 5.28. The van der Waals surface area contributed by atoms with E-state index in [-0.39, 0.29) is 24.0 Å². The third-order valence-electron chi connectivity index (χ3n) is 5.06. The molecule has 3 N–H and O–H groups in total. The first-order chi connectivity index (χ1) is 8.38. The minimum atomic E-state index is -0.578. The van der Waals surface area contributed by atoms with Gasteiger partial charge in [-0.15, -0.1) is 0 Å². The largest absolute Gasteiger partial charge is 0.393 e. The zero-order valence-corrected chi connectivity index (χ0v) is 11.3. The quantitative estimate of drug-likeness (QED) is 0.655. The van der Waals surface area contributed by atoms with Gasteiger partial charge in [-0.05, 0) is 36.2 Å². The van der Waals surface area contributed by atoms with E-state index in [1.165, 1.54) is 5.57 Å². The average molecular weight is 252 g/mol. The third-order valence-corrected chi connectivity index (χ3v) is 5.06. The number of hydrogen-bond acceptors (Lipinski definition) is 3. The van der Waals surface area contributed by atoms with Crippen LogP contribution in [0.2, 0.25) is 0 Å². The van der Waals surface area contributed by atoms with Gasteiger partial charge < -0.3 is 15.3 Å². The number of fused-ring (bicyclic) bond motifs is 1. The summed E-state index contributed by atoms with van der Waals surface area (Å²) in [4.78, 5) is 0. The van der Waals surface area contributed by atoms with E-state index >= 15 is 0 Å². The zero-order valence-electron chi connectivity index (χ0n) is 11.3. The molecule has 1 saturated carbocycles. The third kappa shape index (κ3) is 2.15. The molecule has 3 heteroatoms. The van der Waals surface area contributed by atoms with Crippen LogP contribution in [0, 0.1) is 17.3 Å². The highest BCUT2D eigenvalue weighted by Crippen LogP contribution is 2.52. The molecule has 0 radical (unpaired) electrons. The van der Waals surface area contributed by atoms with Gasteiger partial charge in [-0.3, -0.25) is 0 Å². The minimum absolute atomic E-state index is 0.0151. The average Bonchev–Trinajstić information content (AvgIpc) is 2.31. The first-order valence-corrected chi connectivity index (χ1v) is 6.74. The Morgan fingerprint density at radius 2 is 2.17 bits per heavy atom. The van der Waals surface area contributed by atoms with E-state index in [0.717, 1.165) is 12.8 Å². The Balaban J connectivity index is 2.32. The second-order valence-corrected chi connectivity index (χ2v) is 6.22.